The summed E-state index contributed by atoms with van der Waals surface area (Å²) in [6, 6.07) is 14.3. The first-order valence-corrected chi connectivity index (χ1v) is 12.2. The summed E-state index contributed by atoms with van der Waals surface area (Å²) in [6.07, 6.45) is 1.69. The van der Waals surface area contributed by atoms with Crippen LogP contribution in [0.15, 0.2) is 76.7 Å². The third-order valence-electron chi connectivity index (χ3n) is 5.85. The zero-order valence-electron chi connectivity index (χ0n) is 19.5. The lowest BCUT2D eigenvalue weighted by Crippen LogP contribution is -2.32. The van der Waals surface area contributed by atoms with Gasteiger partial charge in [-0.3, -0.25) is 19.7 Å². The molecule has 1 fully saturated rings. The summed E-state index contributed by atoms with van der Waals surface area (Å²) in [5, 5.41) is 7.20. The predicted octanol–water partition coefficient (Wildman–Crippen LogP) is 5.18. The van der Waals surface area contributed by atoms with E-state index in [0.29, 0.717) is 22.6 Å². The van der Waals surface area contributed by atoms with Crippen LogP contribution in [-0.4, -0.2) is 34.4 Å². The van der Waals surface area contributed by atoms with E-state index in [-0.39, 0.29) is 16.9 Å². The molecule has 3 aromatic carbocycles. The third kappa shape index (κ3) is 5.47. The Morgan fingerprint density at radius 2 is 1.74 bits per heavy atom. The molecule has 0 bridgehead atoms. The largest absolute Gasteiger partial charge is 0.484 e. The van der Waals surface area contributed by atoms with Gasteiger partial charge < -0.3 is 4.74 Å². The lowest BCUT2D eigenvalue weighted by atomic mass is 9.98. The number of hydrazone groups is 1. The van der Waals surface area contributed by atoms with E-state index < -0.39 is 47.2 Å². The Hall–Kier alpha value is -4.38. The molecule has 0 saturated carbocycles. The lowest BCUT2D eigenvalue weighted by molar-refractivity contribution is -0.135. The molecule has 2 aliphatic rings. The van der Waals surface area contributed by atoms with E-state index in [9.17, 15) is 27.6 Å². The first kappa shape index (κ1) is 25.3. The van der Waals surface area contributed by atoms with Gasteiger partial charge in [0.2, 0.25) is 0 Å². The molecule has 0 radical (unpaired) electrons. The summed E-state index contributed by atoms with van der Waals surface area (Å²) in [5.74, 6) is -2.68. The summed E-state index contributed by atoms with van der Waals surface area (Å²) < 4.78 is 47.2. The molecule has 0 spiro atoms. The van der Waals surface area contributed by atoms with Crippen molar-refractivity contribution in [3.63, 3.8) is 0 Å². The minimum absolute atomic E-state index is 0.0882. The number of hydrogen-bond acceptors (Lipinski definition) is 6. The van der Waals surface area contributed by atoms with Crippen LogP contribution in [0.3, 0.4) is 0 Å². The van der Waals surface area contributed by atoms with Gasteiger partial charge in [-0.2, -0.15) is 5.10 Å². The van der Waals surface area contributed by atoms with Crippen LogP contribution < -0.4 is 10.1 Å². The van der Waals surface area contributed by atoms with E-state index in [0.717, 1.165) is 28.9 Å². The summed E-state index contributed by atoms with van der Waals surface area (Å²) in [6.45, 7) is -0.424. The van der Waals surface area contributed by atoms with Crippen LogP contribution in [-0.2, 0) is 9.59 Å². The van der Waals surface area contributed by atoms with Gasteiger partial charge >= 0.3 is 0 Å². The second-order valence-electron chi connectivity index (χ2n) is 8.39. The Balaban J connectivity index is 1.32. The SMILES string of the molecule is O=C1NC(=O)/C(=C\c2ccc(OCC(=O)N3N=C(c4ccc(F)cc4)CC3c3ccc(F)cc3F)cc2)S1. The maximum absolute atomic E-state index is 14.6. The van der Waals surface area contributed by atoms with Gasteiger partial charge in [0.1, 0.15) is 23.2 Å². The molecule has 1 unspecified atom stereocenters. The summed E-state index contributed by atoms with van der Waals surface area (Å²) in [4.78, 5) is 36.4. The van der Waals surface area contributed by atoms with Crippen LogP contribution in [0.5, 0.6) is 5.75 Å². The number of benzene rings is 3. The molecule has 1 atom stereocenters. The molecular weight excluding hydrogens is 519 g/mol. The fourth-order valence-electron chi connectivity index (χ4n) is 4.01. The number of halogens is 3. The average Bonchev–Trinajstić information content (AvgIpc) is 3.46. The lowest BCUT2D eigenvalue weighted by Gasteiger charge is -2.22. The Morgan fingerprint density at radius 3 is 2.39 bits per heavy atom. The van der Waals surface area contributed by atoms with E-state index in [1.54, 1.807) is 30.3 Å². The van der Waals surface area contributed by atoms with Crippen molar-refractivity contribution < 1.29 is 32.3 Å². The van der Waals surface area contributed by atoms with Gasteiger partial charge in [0.25, 0.3) is 17.1 Å². The Morgan fingerprint density at radius 1 is 1.03 bits per heavy atom. The third-order valence-corrected chi connectivity index (χ3v) is 6.66. The molecule has 1 N–H and O–H groups in total. The molecule has 2 aliphatic heterocycles. The molecule has 192 valence electrons. The standard InChI is InChI=1S/C27H18F3N3O4S/c28-17-5-3-16(4-6-17)22-13-23(20-10-7-18(29)12-21(20)30)33(32-22)25(34)14-37-19-8-1-15(2-9-19)11-24-26(35)31-27(36)38-24/h1-12,23H,13-14H2,(H,31,35,36)/b24-11+. The predicted molar refractivity (Wildman–Crippen MR) is 135 cm³/mol. The number of amides is 3. The van der Waals surface area contributed by atoms with Crippen molar-refractivity contribution in [3.05, 3.63) is 106 Å². The van der Waals surface area contributed by atoms with E-state index in [1.165, 1.54) is 30.3 Å². The smallest absolute Gasteiger partial charge is 0.290 e. The highest BCUT2D eigenvalue weighted by Crippen LogP contribution is 2.34. The van der Waals surface area contributed by atoms with Gasteiger partial charge in [-0.15, -0.1) is 0 Å². The van der Waals surface area contributed by atoms with Gasteiger partial charge in [0, 0.05) is 18.1 Å². The molecule has 0 aliphatic carbocycles. The van der Waals surface area contributed by atoms with Gasteiger partial charge in [0.05, 0.1) is 16.7 Å². The number of hydrogen-bond donors (Lipinski definition) is 1. The van der Waals surface area contributed by atoms with E-state index in [1.807, 2.05) is 0 Å². The molecule has 2 heterocycles. The molecule has 0 aromatic heterocycles. The minimum Gasteiger partial charge on any atom is -0.484 e. The zero-order valence-corrected chi connectivity index (χ0v) is 20.3. The van der Waals surface area contributed by atoms with Gasteiger partial charge in [-0.25, -0.2) is 18.2 Å². The normalized spacial score (nSPS) is 18.1. The van der Waals surface area contributed by atoms with Crippen LogP contribution >= 0.6 is 11.8 Å². The zero-order chi connectivity index (χ0) is 26.8. The monoisotopic (exact) mass is 537 g/mol. The van der Waals surface area contributed by atoms with Crippen molar-refractivity contribution >= 4 is 40.6 Å². The van der Waals surface area contributed by atoms with Crippen LogP contribution in [0.1, 0.15) is 29.2 Å². The summed E-state index contributed by atoms with van der Waals surface area (Å²) in [7, 11) is 0. The molecule has 7 nitrogen and oxygen atoms in total. The Labute approximate surface area is 219 Å². The summed E-state index contributed by atoms with van der Waals surface area (Å²) >= 11 is 0.802. The maximum Gasteiger partial charge on any atom is 0.290 e. The van der Waals surface area contributed by atoms with E-state index >= 15 is 0 Å². The molecule has 3 aromatic rings. The molecule has 1 saturated heterocycles. The average molecular weight is 538 g/mol. The van der Waals surface area contributed by atoms with Crippen molar-refractivity contribution in [1.82, 2.24) is 10.3 Å². The fraction of sp³-hybridized carbons (Fsp3) is 0.111. The first-order chi connectivity index (χ1) is 18.3. The molecule has 5 rings (SSSR count). The van der Waals surface area contributed by atoms with E-state index in [2.05, 4.69) is 10.4 Å². The second-order valence-corrected chi connectivity index (χ2v) is 9.40. The number of thioether (sulfide) groups is 1. The molecular formula is C27H18F3N3O4S. The number of nitrogens with one attached hydrogen (secondary N) is 1. The van der Waals surface area contributed by atoms with Crippen molar-refractivity contribution in [2.45, 2.75) is 12.5 Å². The highest BCUT2D eigenvalue weighted by molar-refractivity contribution is 8.18. The number of rotatable bonds is 6. The second kappa shape index (κ2) is 10.5. The highest BCUT2D eigenvalue weighted by Gasteiger charge is 2.35. The molecule has 11 heteroatoms. The molecule has 38 heavy (non-hydrogen) atoms. The van der Waals surface area contributed by atoms with Crippen LogP contribution in [0.25, 0.3) is 6.08 Å². The quantitative estimate of drug-likeness (QED) is 0.438. The van der Waals surface area contributed by atoms with Crippen molar-refractivity contribution in [2.75, 3.05) is 6.61 Å². The van der Waals surface area contributed by atoms with Crippen LogP contribution in [0, 0.1) is 17.5 Å². The minimum atomic E-state index is -0.849. The maximum atomic E-state index is 14.6. The fourth-order valence-corrected chi connectivity index (χ4v) is 4.70. The molecule has 3 amide bonds. The number of carbonyl (C=O) groups is 3. The Bertz CT molecular complexity index is 1490. The van der Waals surface area contributed by atoms with Gasteiger partial charge in [-0.05, 0) is 59.3 Å². The number of ether oxygens (including phenoxy) is 1. The van der Waals surface area contributed by atoms with Crippen LogP contribution in [0.4, 0.5) is 18.0 Å². The Kier molecular flexibility index (Phi) is 7.01. The van der Waals surface area contributed by atoms with Crippen molar-refractivity contribution in [3.8, 4) is 5.75 Å². The number of nitrogens with zero attached hydrogens (tertiary/aromatic N) is 2. The van der Waals surface area contributed by atoms with Crippen molar-refractivity contribution in [1.29, 1.82) is 0 Å². The topological polar surface area (TPSA) is 88.1 Å². The number of carbonyl (C=O) groups excluding carboxylic acids is 3. The van der Waals surface area contributed by atoms with E-state index in [4.69, 9.17) is 4.74 Å². The van der Waals surface area contributed by atoms with Crippen LogP contribution in [0.2, 0.25) is 0 Å². The highest BCUT2D eigenvalue weighted by atomic mass is 32.2. The van der Waals surface area contributed by atoms with Gasteiger partial charge in [-0.1, -0.05) is 30.3 Å². The number of imide groups is 1. The first-order valence-electron chi connectivity index (χ1n) is 11.3. The van der Waals surface area contributed by atoms with Crippen molar-refractivity contribution in [2.24, 2.45) is 5.10 Å². The van der Waals surface area contributed by atoms with Gasteiger partial charge in [0.15, 0.2) is 6.61 Å². The summed E-state index contributed by atoms with van der Waals surface area (Å²) in [5.41, 5.74) is 1.74.